The molecule has 0 spiro atoms. The number of allylic oxidation sites excluding steroid dienone is 1. The van der Waals surface area contributed by atoms with Gasteiger partial charge in [-0.15, -0.1) is 17.9 Å². The number of aromatic nitrogens is 1. The highest BCUT2D eigenvalue weighted by atomic mass is 35.5. The van der Waals surface area contributed by atoms with Crippen LogP contribution in [0.25, 0.3) is 10.2 Å². The van der Waals surface area contributed by atoms with Gasteiger partial charge in [-0.2, -0.15) is 4.99 Å². The summed E-state index contributed by atoms with van der Waals surface area (Å²) in [6, 6.07) is 9.24. The maximum Gasteiger partial charge on any atom is 0.289 e. The number of halogens is 1. The molecule has 7 heteroatoms. The van der Waals surface area contributed by atoms with Crippen molar-refractivity contribution in [2.24, 2.45) is 4.99 Å². The molecule has 0 unspecified atom stereocenters. The van der Waals surface area contributed by atoms with E-state index in [1.165, 1.54) is 22.7 Å². The second-order valence-corrected chi connectivity index (χ2v) is 7.56. The SMILES string of the molecule is C=CCn1c(=NC(=O)c2ccc(Cl)s2)sc2cccc(OCC)c21. The predicted octanol–water partition coefficient (Wildman–Crippen LogP) is 4.74. The molecule has 0 N–H and O–H groups in total. The molecule has 0 saturated carbocycles. The van der Waals surface area contributed by atoms with Crippen LogP contribution in [0.2, 0.25) is 4.34 Å². The maximum absolute atomic E-state index is 12.4. The molecule has 3 rings (SSSR count). The van der Waals surface area contributed by atoms with Crippen LogP contribution in [0.5, 0.6) is 5.75 Å². The summed E-state index contributed by atoms with van der Waals surface area (Å²) in [4.78, 5) is 17.8. The van der Waals surface area contributed by atoms with Crippen LogP contribution in [-0.2, 0) is 6.54 Å². The molecule has 1 aromatic carbocycles. The zero-order valence-electron chi connectivity index (χ0n) is 13.0. The fourth-order valence-electron chi connectivity index (χ4n) is 2.32. The molecule has 2 aromatic heterocycles. The molecule has 24 heavy (non-hydrogen) atoms. The summed E-state index contributed by atoms with van der Waals surface area (Å²) in [5, 5.41) is 0. The first-order chi connectivity index (χ1) is 11.6. The van der Waals surface area contributed by atoms with Gasteiger partial charge in [0.2, 0.25) is 0 Å². The second-order valence-electron chi connectivity index (χ2n) is 4.84. The van der Waals surface area contributed by atoms with Gasteiger partial charge in [-0.3, -0.25) is 4.79 Å². The number of ether oxygens (including phenoxy) is 1. The molecule has 0 aliphatic rings. The third-order valence-corrected chi connectivity index (χ3v) is 5.52. The summed E-state index contributed by atoms with van der Waals surface area (Å²) in [7, 11) is 0. The number of hydrogen-bond donors (Lipinski definition) is 0. The van der Waals surface area contributed by atoms with E-state index in [2.05, 4.69) is 11.6 Å². The van der Waals surface area contributed by atoms with Crippen LogP contribution in [0.15, 0.2) is 48.0 Å². The van der Waals surface area contributed by atoms with E-state index in [0.717, 1.165) is 16.0 Å². The van der Waals surface area contributed by atoms with Gasteiger partial charge in [0.15, 0.2) is 4.80 Å². The van der Waals surface area contributed by atoms with E-state index in [1.807, 2.05) is 29.7 Å². The van der Waals surface area contributed by atoms with E-state index in [0.29, 0.717) is 27.2 Å². The number of amides is 1. The summed E-state index contributed by atoms with van der Waals surface area (Å²) in [6.07, 6.45) is 1.78. The van der Waals surface area contributed by atoms with Gasteiger partial charge in [-0.25, -0.2) is 0 Å². The highest BCUT2D eigenvalue weighted by Crippen LogP contribution is 2.28. The summed E-state index contributed by atoms with van der Waals surface area (Å²) in [5.41, 5.74) is 0.931. The lowest BCUT2D eigenvalue weighted by Crippen LogP contribution is -2.16. The fraction of sp³-hybridized carbons (Fsp3) is 0.176. The van der Waals surface area contributed by atoms with Crippen LogP contribution in [0.1, 0.15) is 16.6 Å². The van der Waals surface area contributed by atoms with Gasteiger partial charge in [0.05, 0.1) is 20.5 Å². The largest absolute Gasteiger partial charge is 0.492 e. The molecule has 0 fully saturated rings. The Balaban J connectivity index is 2.18. The lowest BCUT2D eigenvalue weighted by Gasteiger charge is -2.07. The van der Waals surface area contributed by atoms with E-state index >= 15 is 0 Å². The highest BCUT2D eigenvalue weighted by molar-refractivity contribution is 7.18. The zero-order chi connectivity index (χ0) is 17.1. The van der Waals surface area contributed by atoms with Crippen molar-refractivity contribution >= 4 is 50.4 Å². The molecule has 0 saturated heterocycles. The Bertz CT molecular complexity index is 969. The van der Waals surface area contributed by atoms with Gasteiger partial charge in [0.1, 0.15) is 11.3 Å². The van der Waals surface area contributed by atoms with E-state index in [1.54, 1.807) is 18.2 Å². The number of carbonyl (C=O) groups excluding carboxylic acids is 1. The van der Waals surface area contributed by atoms with Crippen LogP contribution in [0.3, 0.4) is 0 Å². The average Bonchev–Trinajstić information content (AvgIpc) is 3.13. The number of hydrogen-bond acceptors (Lipinski definition) is 4. The first kappa shape index (κ1) is 17.0. The summed E-state index contributed by atoms with van der Waals surface area (Å²) in [6.45, 7) is 6.86. The Morgan fingerprint density at radius 3 is 2.88 bits per heavy atom. The smallest absolute Gasteiger partial charge is 0.289 e. The molecule has 0 atom stereocenters. The number of nitrogens with zero attached hydrogens (tertiary/aromatic N) is 2. The number of carbonyl (C=O) groups is 1. The van der Waals surface area contributed by atoms with Gasteiger partial charge < -0.3 is 9.30 Å². The van der Waals surface area contributed by atoms with Crippen molar-refractivity contribution < 1.29 is 9.53 Å². The van der Waals surface area contributed by atoms with Crippen LogP contribution in [0, 0.1) is 0 Å². The standard InChI is InChI=1S/C17H15ClN2O2S2/c1-3-10-20-15-11(22-4-2)6-5-7-12(15)24-17(20)19-16(21)13-8-9-14(18)23-13/h3,5-9H,1,4,10H2,2H3. The third-order valence-electron chi connectivity index (χ3n) is 3.26. The van der Waals surface area contributed by atoms with E-state index in [4.69, 9.17) is 16.3 Å². The minimum atomic E-state index is -0.297. The summed E-state index contributed by atoms with van der Waals surface area (Å²) < 4.78 is 9.26. The summed E-state index contributed by atoms with van der Waals surface area (Å²) >= 11 is 8.58. The first-order valence-electron chi connectivity index (χ1n) is 7.34. The summed E-state index contributed by atoms with van der Waals surface area (Å²) in [5.74, 6) is 0.482. The fourth-order valence-corrected chi connectivity index (χ4v) is 4.31. The van der Waals surface area contributed by atoms with Gasteiger partial charge in [-0.1, -0.05) is 35.1 Å². The number of para-hydroxylation sites is 1. The predicted molar refractivity (Wildman–Crippen MR) is 100 cm³/mol. The molecule has 0 radical (unpaired) electrons. The number of thiophene rings is 1. The van der Waals surface area contributed by atoms with E-state index in [-0.39, 0.29) is 5.91 Å². The highest BCUT2D eigenvalue weighted by Gasteiger charge is 2.13. The van der Waals surface area contributed by atoms with Crippen molar-refractivity contribution in [1.82, 2.24) is 4.57 Å². The van der Waals surface area contributed by atoms with Crippen molar-refractivity contribution in [2.45, 2.75) is 13.5 Å². The van der Waals surface area contributed by atoms with Crippen LogP contribution >= 0.6 is 34.3 Å². The third kappa shape index (κ3) is 3.31. The molecule has 1 amide bonds. The van der Waals surface area contributed by atoms with Crippen LogP contribution < -0.4 is 9.54 Å². The number of rotatable bonds is 5. The van der Waals surface area contributed by atoms with Gasteiger partial charge >= 0.3 is 0 Å². The van der Waals surface area contributed by atoms with E-state index in [9.17, 15) is 4.79 Å². The lowest BCUT2D eigenvalue weighted by molar-refractivity contribution is 0.100. The zero-order valence-corrected chi connectivity index (χ0v) is 15.4. The molecular formula is C17H15ClN2O2S2. The minimum Gasteiger partial charge on any atom is -0.492 e. The molecule has 0 aliphatic heterocycles. The van der Waals surface area contributed by atoms with Crippen molar-refractivity contribution in [2.75, 3.05) is 6.61 Å². The molecular weight excluding hydrogens is 364 g/mol. The Kier molecular flexibility index (Phi) is 5.18. The van der Waals surface area contributed by atoms with Gasteiger partial charge in [0, 0.05) is 6.54 Å². The van der Waals surface area contributed by atoms with Crippen LogP contribution in [0.4, 0.5) is 0 Å². The quantitative estimate of drug-likeness (QED) is 0.601. The maximum atomic E-state index is 12.4. The molecule has 3 aromatic rings. The lowest BCUT2D eigenvalue weighted by atomic mass is 10.3. The molecule has 0 aliphatic carbocycles. The first-order valence-corrected chi connectivity index (χ1v) is 9.35. The Morgan fingerprint density at radius 1 is 1.38 bits per heavy atom. The Hall–Kier alpha value is -1.89. The van der Waals surface area contributed by atoms with Crippen LogP contribution in [-0.4, -0.2) is 17.1 Å². The van der Waals surface area contributed by atoms with Crippen molar-refractivity contribution in [3.63, 3.8) is 0 Å². The Labute approximate surface area is 152 Å². The molecule has 2 heterocycles. The van der Waals surface area contributed by atoms with E-state index < -0.39 is 0 Å². The van der Waals surface area contributed by atoms with Crippen molar-refractivity contribution in [3.8, 4) is 5.75 Å². The van der Waals surface area contributed by atoms with Crippen molar-refractivity contribution in [1.29, 1.82) is 0 Å². The number of fused-ring (bicyclic) bond motifs is 1. The normalized spacial score (nSPS) is 11.8. The van der Waals surface area contributed by atoms with Crippen molar-refractivity contribution in [3.05, 3.63) is 57.0 Å². The minimum absolute atomic E-state index is 0.297. The number of thiazole rings is 1. The average molecular weight is 379 g/mol. The topological polar surface area (TPSA) is 43.6 Å². The molecule has 124 valence electrons. The monoisotopic (exact) mass is 378 g/mol. The molecule has 4 nitrogen and oxygen atoms in total. The van der Waals surface area contributed by atoms with Gasteiger partial charge in [0.25, 0.3) is 5.91 Å². The number of benzene rings is 1. The Morgan fingerprint density at radius 2 is 2.21 bits per heavy atom. The second kappa shape index (κ2) is 7.34. The van der Waals surface area contributed by atoms with Gasteiger partial charge in [-0.05, 0) is 31.2 Å². The molecule has 0 bridgehead atoms.